The standard InChI is InChI=1S/C14H26N2O3S/c1-2-16(13-7-8-20(18,19)10-13)14(17)12-5-3-11(9-15)4-6-12/h11-13H,2-10,15H2,1H3. The van der Waals surface area contributed by atoms with Crippen molar-refractivity contribution < 1.29 is 13.2 Å². The second-order valence-corrected chi connectivity index (χ2v) is 8.36. The van der Waals surface area contributed by atoms with Gasteiger partial charge in [-0.1, -0.05) is 0 Å². The predicted molar refractivity (Wildman–Crippen MR) is 78.9 cm³/mol. The summed E-state index contributed by atoms with van der Waals surface area (Å²) in [6.07, 6.45) is 4.44. The summed E-state index contributed by atoms with van der Waals surface area (Å²) in [6.45, 7) is 3.25. The molecule has 20 heavy (non-hydrogen) atoms. The third kappa shape index (κ3) is 3.52. The maximum atomic E-state index is 12.6. The first-order valence-electron chi connectivity index (χ1n) is 7.67. The van der Waals surface area contributed by atoms with Crippen LogP contribution in [0.3, 0.4) is 0 Å². The molecule has 1 aliphatic carbocycles. The highest BCUT2D eigenvalue weighted by molar-refractivity contribution is 7.91. The number of amides is 1. The fraction of sp³-hybridized carbons (Fsp3) is 0.929. The Morgan fingerprint density at radius 2 is 1.85 bits per heavy atom. The first-order valence-corrected chi connectivity index (χ1v) is 9.50. The molecule has 1 atom stereocenters. The quantitative estimate of drug-likeness (QED) is 0.832. The van der Waals surface area contributed by atoms with E-state index in [0.29, 0.717) is 25.4 Å². The average molecular weight is 302 g/mol. The Labute approximate surface area is 121 Å². The van der Waals surface area contributed by atoms with Crippen LogP contribution in [-0.4, -0.2) is 49.9 Å². The Hall–Kier alpha value is -0.620. The van der Waals surface area contributed by atoms with E-state index in [1.54, 1.807) is 4.90 Å². The second kappa shape index (κ2) is 6.43. The van der Waals surface area contributed by atoms with Crippen LogP contribution in [0.25, 0.3) is 0 Å². The highest BCUT2D eigenvalue weighted by atomic mass is 32.2. The van der Waals surface area contributed by atoms with Gasteiger partial charge in [0.1, 0.15) is 0 Å². The monoisotopic (exact) mass is 302 g/mol. The zero-order valence-electron chi connectivity index (χ0n) is 12.3. The smallest absolute Gasteiger partial charge is 0.225 e. The molecule has 0 spiro atoms. The van der Waals surface area contributed by atoms with Crippen molar-refractivity contribution in [2.75, 3.05) is 24.6 Å². The van der Waals surface area contributed by atoms with Crippen molar-refractivity contribution in [3.8, 4) is 0 Å². The first-order chi connectivity index (χ1) is 9.46. The zero-order chi connectivity index (χ0) is 14.8. The lowest BCUT2D eigenvalue weighted by molar-refractivity contribution is -0.138. The molecule has 1 heterocycles. The van der Waals surface area contributed by atoms with E-state index in [9.17, 15) is 13.2 Å². The van der Waals surface area contributed by atoms with Crippen molar-refractivity contribution in [1.29, 1.82) is 0 Å². The fourth-order valence-electron chi connectivity index (χ4n) is 3.49. The van der Waals surface area contributed by atoms with E-state index >= 15 is 0 Å². The van der Waals surface area contributed by atoms with E-state index in [0.717, 1.165) is 25.7 Å². The van der Waals surface area contributed by atoms with Gasteiger partial charge in [-0.2, -0.15) is 0 Å². The minimum atomic E-state index is -2.94. The van der Waals surface area contributed by atoms with Gasteiger partial charge >= 0.3 is 0 Å². The molecule has 6 heteroatoms. The highest BCUT2D eigenvalue weighted by Gasteiger charge is 2.37. The number of nitrogens with two attached hydrogens (primary N) is 1. The van der Waals surface area contributed by atoms with Crippen LogP contribution in [0.15, 0.2) is 0 Å². The van der Waals surface area contributed by atoms with Crippen molar-refractivity contribution in [2.24, 2.45) is 17.6 Å². The molecule has 5 nitrogen and oxygen atoms in total. The van der Waals surface area contributed by atoms with Gasteiger partial charge in [-0.3, -0.25) is 4.79 Å². The molecular formula is C14H26N2O3S. The third-order valence-electron chi connectivity index (χ3n) is 4.80. The van der Waals surface area contributed by atoms with Crippen molar-refractivity contribution in [3.63, 3.8) is 0 Å². The molecule has 1 saturated heterocycles. The SMILES string of the molecule is CCN(C(=O)C1CCC(CN)CC1)C1CCS(=O)(=O)C1. The molecule has 1 saturated carbocycles. The van der Waals surface area contributed by atoms with E-state index in [4.69, 9.17) is 5.73 Å². The molecule has 2 N–H and O–H groups in total. The average Bonchev–Trinajstić information content (AvgIpc) is 2.79. The molecule has 0 aromatic carbocycles. The molecule has 2 fully saturated rings. The van der Waals surface area contributed by atoms with Crippen LogP contribution in [0.4, 0.5) is 0 Å². The topological polar surface area (TPSA) is 80.5 Å². The van der Waals surface area contributed by atoms with Gasteiger partial charge in [0.15, 0.2) is 9.84 Å². The van der Waals surface area contributed by atoms with Crippen LogP contribution in [-0.2, 0) is 14.6 Å². The molecule has 2 rings (SSSR count). The Balaban J connectivity index is 1.96. The minimum Gasteiger partial charge on any atom is -0.339 e. The first kappa shape index (κ1) is 15.8. The number of rotatable bonds is 4. The van der Waals surface area contributed by atoms with E-state index < -0.39 is 9.84 Å². The zero-order valence-corrected chi connectivity index (χ0v) is 13.1. The van der Waals surface area contributed by atoms with Gasteiger partial charge in [0.2, 0.25) is 5.91 Å². The number of hydrogen-bond donors (Lipinski definition) is 1. The summed E-state index contributed by atoms with van der Waals surface area (Å²) in [5.74, 6) is 1.15. The Morgan fingerprint density at radius 1 is 1.20 bits per heavy atom. The van der Waals surface area contributed by atoms with Crippen LogP contribution in [0, 0.1) is 11.8 Å². The molecule has 116 valence electrons. The van der Waals surface area contributed by atoms with Gasteiger partial charge in [0, 0.05) is 18.5 Å². The van der Waals surface area contributed by atoms with E-state index in [1.807, 2.05) is 6.92 Å². The molecule has 0 bridgehead atoms. The number of nitrogens with zero attached hydrogens (tertiary/aromatic N) is 1. The summed E-state index contributed by atoms with van der Waals surface area (Å²) < 4.78 is 23.2. The van der Waals surface area contributed by atoms with Gasteiger partial charge in [0.25, 0.3) is 0 Å². The van der Waals surface area contributed by atoms with E-state index in [1.165, 1.54) is 0 Å². The van der Waals surface area contributed by atoms with Crippen LogP contribution < -0.4 is 5.73 Å². The van der Waals surface area contributed by atoms with Gasteiger partial charge in [0.05, 0.1) is 11.5 Å². The van der Waals surface area contributed by atoms with E-state index in [-0.39, 0.29) is 29.4 Å². The molecule has 1 aliphatic heterocycles. The highest BCUT2D eigenvalue weighted by Crippen LogP contribution is 2.31. The molecular weight excluding hydrogens is 276 g/mol. The van der Waals surface area contributed by atoms with Gasteiger partial charge in [-0.05, 0) is 51.5 Å². The fourth-order valence-corrected chi connectivity index (χ4v) is 5.23. The number of sulfone groups is 1. The van der Waals surface area contributed by atoms with Gasteiger partial charge in [-0.15, -0.1) is 0 Å². The van der Waals surface area contributed by atoms with Crippen molar-refractivity contribution in [1.82, 2.24) is 4.90 Å². The Morgan fingerprint density at radius 3 is 2.30 bits per heavy atom. The summed E-state index contributed by atoms with van der Waals surface area (Å²) in [6, 6.07) is -0.107. The second-order valence-electron chi connectivity index (χ2n) is 6.13. The molecule has 2 aliphatic rings. The van der Waals surface area contributed by atoms with Crippen LogP contribution in [0.2, 0.25) is 0 Å². The molecule has 1 unspecified atom stereocenters. The lowest BCUT2D eigenvalue weighted by atomic mass is 9.81. The Bertz CT molecular complexity index is 441. The van der Waals surface area contributed by atoms with Gasteiger partial charge < -0.3 is 10.6 Å². The van der Waals surface area contributed by atoms with Crippen LogP contribution in [0.5, 0.6) is 0 Å². The Kier molecular flexibility index (Phi) is 5.07. The lowest BCUT2D eigenvalue weighted by Gasteiger charge is -2.34. The predicted octanol–water partition coefficient (Wildman–Crippen LogP) is 0.787. The summed E-state index contributed by atoms with van der Waals surface area (Å²) >= 11 is 0. The van der Waals surface area contributed by atoms with Crippen molar-refractivity contribution >= 4 is 15.7 Å². The summed E-state index contributed by atoms with van der Waals surface area (Å²) in [7, 11) is -2.94. The summed E-state index contributed by atoms with van der Waals surface area (Å²) in [4.78, 5) is 14.4. The molecule has 1 amide bonds. The maximum absolute atomic E-state index is 12.6. The van der Waals surface area contributed by atoms with E-state index in [2.05, 4.69) is 0 Å². The molecule has 0 aromatic rings. The molecule has 0 radical (unpaired) electrons. The lowest BCUT2D eigenvalue weighted by Crippen LogP contribution is -2.45. The van der Waals surface area contributed by atoms with Gasteiger partial charge in [-0.25, -0.2) is 8.42 Å². The van der Waals surface area contributed by atoms with Crippen LogP contribution in [0.1, 0.15) is 39.0 Å². The summed E-state index contributed by atoms with van der Waals surface area (Å²) in [5.41, 5.74) is 5.68. The normalized spacial score (nSPS) is 33.0. The van der Waals surface area contributed by atoms with Crippen molar-refractivity contribution in [2.45, 2.75) is 45.1 Å². The third-order valence-corrected chi connectivity index (χ3v) is 6.55. The number of carbonyl (C=O) groups excluding carboxylic acids is 1. The minimum absolute atomic E-state index is 0.0704. The van der Waals surface area contributed by atoms with Crippen LogP contribution >= 0.6 is 0 Å². The maximum Gasteiger partial charge on any atom is 0.225 e. The number of hydrogen-bond acceptors (Lipinski definition) is 4. The largest absolute Gasteiger partial charge is 0.339 e. The number of carbonyl (C=O) groups is 1. The summed E-state index contributed by atoms with van der Waals surface area (Å²) in [5, 5.41) is 0. The van der Waals surface area contributed by atoms with Crippen molar-refractivity contribution in [3.05, 3.63) is 0 Å². The molecule has 0 aromatic heterocycles.